The number of imidazole rings is 1. The summed E-state index contributed by atoms with van der Waals surface area (Å²) in [5, 5.41) is 65.5. The van der Waals surface area contributed by atoms with Gasteiger partial charge >= 0.3 is 0 Å². The average Bonchev–Trinajstić information content (AvgIpc) is 3.68. The van der Waals surface area contributed by atoms with Gasteiger partial charge in [0.05, 0.1) is 25.1 Å². The fourth-order valence-electron chi connectivity index (χ4n) is 7.59. The number of rotatable bonds is 4. The smallest absolute Gasteiger partial charge is 0.167 e. The molecule has 1 fully saturated rings. The number of aliphatic hydroxyl groups is 5. The Balaban J connectivity index is 1.27. The van der Waals surface area contributed by atoms with Gasteiger partial charge in [-0.1, -0.05) is 54.6 Å². The second-order valence-corrected chi connectivity index (χ2v) is 12.1. The van der Waals surface area contributed by atoms with Crippen molar-refractivity contribution >= 4 is 60.1 Å². The second kappa shape index (κ2) is 9.75. The zero-order chi connectivity index (χ0) is 30.6. The lowest BCUT2D eigenvalue weighted by Crippen LogP contribution is -2.44. The normalized spacial score (nSPS) is 26.9. The summed E-state index contributed by atoms with van der Waals surface area (Å²) in [7, 11) is 0. The third-order valence-electron chi connectivity index (χ3n) is 9.70. The van der Waals surface area contributed by atoms with Crippen LogP contribution in [0, 0.1) is 0 Å². The summed E-state index contributed by atoms with van der Waals surface area (Å²) in [6.07, 6.45) is -3.12. The molecule has 2 aromatic heterocycles. The van der Waals surface area contributed by atoms with E-state index in [1.54, 1.807) is 10.9 Å². The Morgan fingerprint density at radius 3 is 2.42 bits per heavy atom. The van der Waals surface area contributed by atoms with E-state index < -0.39 is 42.8 Å². The molecule has 1 aliphatic carbocycles. The molecule has 0 amide bonds. The van der Waals surface area contributed by atoms with Crippen molar-refractivity contribution in [2.75, 3.05) is 11.9 Å². The van der Waals surface area contributed by atoms with Gasteiger partial charge in [0, 0.05) is 6.42 Å². The molecule has 2 aliphatic rings. The third kappa shape index (κ3) is 3.70. The number of aromatic nitrogens is 4. The maximum absolute atomic E-state index is 11.6. The molecule has 5 aromatic carbocycles. The average molecular weight is 604 g/mol. The van der Waals surface area contributed by atoms with Crippen LogP contribution in [-0.4, -0.2) is 76.1 Å². The highest BCUT2D eigenvalue weighted by Gasteiger charge is 2.43. The van der Waals surface area contributed by atoms with Gasteiger partial charge in [0.2, 0.25) is 0 Å². The molecule has 0 spiro atoms. The van der Waals surface area contributed by atoms with E-state index in [0.717, 1.165) is 43.1 Å². The van der Waals surface area contributed by atoms with Crippen LogP contribution in [0.5, 0.6) is 0 Å². The lowest BCUT2D eigenvalue weighted by atomic mass is 9.76. The van der Waals surface area contributed by atoms with Crippen molar-refractivity contribution in [2.45, 2.75) is 49.2 Å². The molecule has 1 saturated heterocycles. The summed E-state index contributed by atoms with van der Waals surface area (Å²) in [5.74, 6) is 0.324. The Morgan fingerprint density at radius 1 is 0.822 bits per heavy atom. The van der Waals surface area contributed by atoms with Crippen LogP contribution in [0.4, 0.5) is 5.82 Å². The van der Waals surface area contributed by atoms with Crippen LogP contribution >= 0.6 is 0 Å². The highest BCUT2D eigenvalue weighted by Crippen LogP contribution is 2.49. The molecule has 1 aliphatic heterocycles. The first kappa shape index (κ1) is 26.9. The van der Waals surface area contributed by atoms with E-state index in [1.807, 2.05) is 24.3 Å². The molecule has 0 bridgehead atoms. The summed E-state index contributed by atoms with van der Waals surface area (Å²) in [6.45, 7) is -0.309. The molecule has 9 rings (SSSR count). The van der Waals surface area contributed by atoms with Crippen molar-refractivity contribution < 1.29 is 30.3 Å². The predicted molar refractivity (Wildman–Crippen MR) is 168 cm³/mol. The van der Waals surface area contributed by atoms with Crippen LogP contribution in [0.3, 0.4) is 0 Å². The van der Waals surface area contributed by atoms with Gasteiger partial charge in [-0.15, -0.1) is 0 Å². The Labute approximate surface area is 255 Å². The summed E-state index contributed by atoms with van der Waals surface area (Å²) >= 11 is 0. The van der Waals surface area contributed by atoms with Gasteiger partial charge in [0.1, 0.15) is 37.0 Å². The van der Waals surface area contributed by atoms with Crippen molar-refractivity contribution in [3.05, 3.63) is 84.4 Å². The molecule has 0 radical (unpaired) electrons. The van der Waals surface area contributed by atoms with E-state index in [9.17, 15) is 25.5 Å². The quantitative estimate of drug-likeness (QED) is 0.130. The van der Waals surface area contributed by atoms with E-state index in [4.69, 9.17) is 4.74 Å². The number of aliphatic hydroxyl groups excluding tert-OH is 5. The predicted octanol–water partition coefficient (Wildman–Crippen LogP) is 3.44. The number of hydrogen-bond acceptors (Lipinski definition) is 10. The first-order valence-electron chi connectivity index (χ1n) is 15.0. The Bertz CT molecular complexity index is 2270. The van der Waals surface area contributed by atoms with Crippen molar-refractivity contribution in [1.29, 1.82) is 0 Å². The molecule has 7 aromatic rings. The fourth-order valence-corrected chi connectivity index (χ4v) is 7.59. The molecule has 11 heteroatoms. The van der Waals surface area contributed by atoms with Crippen molar-refractivity contribution in [3.8, 4) is 0 Å². The van der Waals surface area contributed by atoms with E-state index in [-0.39, 0.29) is 13.0 Å². The molecule has 11 nitrogen and oxygen atoms in total. The van der Waals surface area contributed by atoms with Gasteiger partial charge < -0.3 is 35.6 Å². The van der Waals surface area contributed by atoms with Crippen LogP contribution < -0.4 is 5.32 Å². The Kier molecular flexibility index (Phi) is 5.82. The van der Waals surface area contributed by atoms with Crippen LogP contribution in [0.25, 0.3) is 54.3 Å². The number of benzene rings is 5. The van der Waals surface area contributed by atoms with Gasteiger partial charge in [0.25, 0.3) is 0 Å². The minimum absolute atomic E-state index is 0.258. The maximum atomic E-state index is 11.6. The van der Waals surface area contributed by atoms with E-state index in [0.29, 0.717) is 28.1 Å². The van der Waals surface area contributed by atoms with Gasteiger partial charge in [-0.25, -0.2) is 15.0 Å². The SMILES string of the molecule is OC[C@H]1O[C@@H](n2cnc3c(N[C@@H]4c5c(cc6ccc7cccc8c9ccccc9c5c6c78)[C@H](O)[C@@H](O)[C@@H]4O)ncnc32)C[C@@H]1O. The van der Waals surface area contributed by atoms with E-state index in [1.165, 1.54) is 6.33 Å². The molecular weight excluding hydrogens is 574 g/mol. The summed E-state index contributed by atoms with van der Waals surface area (Å²) < 4.78 is 7.53. The van der Waals surface area contributed by atoms with Gasteiger partial charge in [0.15, 0.2) is 17.0 Å². The van der Waals surface area contributed by atoms with Crippen molar-refractivity contribution in [2.24, 2.45) is 0 Å². The standard InChI is InChI=1S/C34H29N5O6/c40-12-22-21(41)11-23(45-22)39-14-37-29-33(35-13-36-34(29)39)38-28-27-20(30(42)32(44)31(28)43)10-16-9-8-15-4-3-7-18-17-5-1-2-6-19(17)26(27)25(16)24(15)18/h1-10,13-14,21-23,28,30-32,40-44H,11-12H2,(H,35,36,38)/t21-,22+,23+,28+,30-,31+,32+/m0/s1. The molecule has 0 saturated carbocycles. The van der Waals surface area contributed by atoms with Crippen LogP contribution in [0.15, 0.2) is 73.3 Å². The molecular formula is C34H29N5O6. The molecule has 6 N–H and O–H groups in total. The van der Waals surface area contributed by atoms with E-state index >= 15 is 0 Å². The number of nitrogens with one attached hydrogen (secondary N) is 1. The Hall–Kier alpha value is -4.49. The minimum atomic E-state index is -1.46. The van der Waals surface area contributed by atoms with Crippen LogP contribution in [-0.2, 0) is 4.74 Å². The minimum Gasteiger partial charge on any atom is -0.394 e. The van der Waals surface area contributed by atoms with Gasteiger partial charge in [-0.3, -0.25) is 4.57 Å². The number of ether oxygens (including phenoxy) is 1. The lowest BCUT2D eigenvalue weighted by Gasteiger charge is -2.39. The topological polar surface area (TPSA) is 166 Å². The molecule has 3 heterocycles. The van der Waals surface area contributed by atoms with Crippen LogP contribution in [0.1, 0.15) is 35.9 Å². The van der Waals surface area contributed by atoms with Crippen LogP contribution in [0.2, 0.25) is 0 Å². The second-order valence-electron chi connectivity index (χ2n) is 12.1. The zero-order valence-corrected chi connectivity index (χ0v) is 23.8. The Morgan fingerprint density at radius 2 is 1.60 bits per heavy atom. The zero-order valence-electron chi connectivity index (χ0n) is 23.8. The molecule has 226 valence electrons. The number of hydrogen-bond donors (Lipinski definition) is 6. The van der Waals surface area contributed by atoms with Crippen molar-refractivity contribution in [1.82, 2.24) is 19.5 Å². The first-order chi connectivity index (χ1) is 21.9. The van der Waals surface area contributed by atoms with Gasteiger partial charge in [-0.2, -0.15) is 0 Å². The summed E-state index contributed by atoms with van der Waals surface area (Å²) in [6, 6.07) is 19.5. The monoisotopic (exact) mass is 603 g/mol. The molecule has 0 unspecified atom stereocenters. The lowest BCUT2D eigenvalue weighted by molar-refractivity contribution is -0.0766. The highest BCUT2D eigenvalue weighted by atomic mass is 16.5. The van der Waals surface area contributed by atoms with E-state index in [2.05, 4.69) is 56.7 Å². The molecule has 45 heavy (non-hydrogen) atoms. The summed E-state index contributed by atoms with van der Waals surface area (Å²) in [4.78, 5) is 13.5. The fraction of sp³-hybridized carbons (Fsp3) is 0.265. The van der Waals surface area contributed by atoms with Crippen molar-refractivity contribution in [3.63, 3.8) is 0 Å². The highest BCUT2D eigenvalue weighted by molar-refractivity contribution is 6.34. The largest absolute Gasteiger partial charge is 0.394 e. The number of anilines is 1. The third-order valence-corrected chi connectivity index (χ3v) is 9.70. The molecule has 7 atom stereocenters. The first-order valence-corrected chi connectivity index (χ1v) is 15.0. The maximum Gasteiger partial charge on any atom is 0.167 e. The number of nitrogens with zero attached hydrogens (tertiary/aromatic N) is 4. The van der Waals surface area contributed by atoms with Gasteiger partial charge in [-0.05, 0) is 60.3 Å². The number of fused-ring (bicyclic) bond motifs is 6. The summed E-state index contributed by atoms with van der Waals surface area (Å²) in [5.41, 5.74) is 2.05.